The molecule has 0 radical (unpaired) electrons. The SMILES string of the molecule is C=C1SC(c2ccccc2)=C(c2ccccc2)N1CCN1CCOCC1. The van der Waals surface area contributed by atoms with Crippen LogP contribution in [0.1, 0.15) is 11.1 Å². The van der Waals surface area contributed by atoms with E-state index in [1.54, 1.807) is 11.8 Å². The molecule has 4 heteroatoms. The van der Waals surface area contributed by atoms with Crippen LogP contribution in [0.25, 0.3) is 10.6 Å². The van der Waals surface area contributed by atoms with Gasteiger partial charge in [0.1, 0.15) is 0 Å². The summed E-state index contributed by atoms with van der Waals surface area (Å²) in [6, 6.07) is 21.3. The molecular weight excluding hydrogens is 340 g/mol. The Kier molecular flexibility index (Phi) is 5.44. The highest BCUT2D eigenvalue weighted by molar-refractivity contribution is 8.12. The molecule has 26 heavy (non-hydrogen) atoms. The molecule has 0 aliphatic carbocycles. The Morgan fingerprint density at radius 2 is 1.46 bits per heavy atom. The fourth-order valence-electron chi connectivity index (χ4n) is 3.44. The van der Waals surface area contributed by atoms with Gasteiger partial charge in [-0.05, 0) is 11.1 Å². The van der Waals surface area contributed by atoms with Crippen LogP contribution in [-0.2, 0) is 4.74 Å². The summed E-state index contributed by atoms with van der Waals surface area (Å²) < 4.78 is 5.47. The van der Waals surface area contributed by atoms with Crippen LogP contribution in [0.15, 0.2) is 72.3 Å². The molecule has 1 fully saturated rings. The number of benzene rings is 2. The van der Waals surface area contributed by atoms with Crippen molar-refractivity contribution in [1.82, 2.24) is 9.80 Å². The summed E-state index contributed by atoms with van der Waals surface area (Å²) >= 11 is 1.78. The summed E-state index contributed by atoms with van der Waals surface area (Å²) in [5, 5.41) is 1.11. The zero-order valence-corrected chi connectivity index (χ0v) is 15.8. The number of morpholine rings is 1. The van der Waals surface area contributed by atoms with Gasteiger partial charge in [0.25, 0.3) is 0 Å². The predicted octanol–water partition coefficient (Wildman–Crippen LogP) is 4.36. The van der Waals surface area contributed by atoms with E-state index in [-0.39, 0.29) is 0 Å². The first-order valence-corrected chi connectivity index (χ1v) is 9.94. The average molecular weight is 365 g/mol. The minimum Gasteiger partial charge on any atom is -0.379 e. The van der Waals surface area contributed by atoms with Crippen molar-refractivity contribution < 1.29 is 4.74 Å². The Labute approximate surface area is 160 Å². The Morgan fingerprint density at radius 1 is 0.846 bits per heavy atom. The lowest BCUT2D eigenvalue weighted by molar-refractivity contribution is 0.0367. The lowest BCUT2D eigenvalue weighted by Crippen LogP contribution is -2.40. The second-order valence-corrected chi connectivity index (χ2v) is 7.59. The first-order valence-electron chi connectivity index (χ1n) is 9.12. The number of hydrogen-bond donors (Lipinski definition) is 0. The molecular formula is C22H24N2OS. The van der Waals surface area contributed by atoms with Gasteiger partial charge in [0, 0.05) is 31.1 Å². The maximum Gasteiger partial charge on any atom is 0.0729 e. The van der Waals surface area contributed by atoms with Crippen molar-refractivity contribution in [2.24, 2.45) is 0 Å². The third-order valence-electron chi connectivity index (χ3n) is 4.83. The maximum atomic E-state index is 5.47. The van der Waals surface area contributed by atoms with Crippen molar-refractivity contribution >= 4 is 22.4 Å². The third-order valence-corrected chi connectivity index (χ3v) is 5.92. The highest BCUT2D eigenvalue weighted by atomic mass is 32.2. The fraction of sp³-hybridized carbons (Fsp3) is 0.273. The van der Waals surface area contributed by atoms with Crippen molar-refractivity contribution in [2.75, 3.05) is 39.4 Å². The maximum absolute atomic E-state index is 5.47. The van der Waals surface area contributed by atoms with E-state index in [0.717, 1.165) is 44.4 Å². The van der Waals surface area contributed by atoms with Crippen LogP contribution in [0.5, 0.6) is 0 Å². The van der Waals surface area contributed by atoms with Crippen LogP contribution in [0.4, 0.5) is 0 Å². The molecule has 0 spiro atoms. The lowest BCUT2D eigenvalue weighted by atomic mass is 10.1. The number of thioether (sulfide) groups is 1. The topological polar surface area (TPSA) is 15.7 Å². The molecule has 1 saturated heterocycles. The van der Waals surface area contributed by atoms with E-state index in [0.29, 0.717) is 0 Å². The lowest BCUT2D eigenvalue weighted by Gasteiger charge is -2.30. The molecule has 0 bridgehead atoms. The number of hydrogen-bond acceptors (Lipinski definition) is 4. The van der Waals surface area contributed by atoms with E-state index in [4.69, 9.17) is 4.74 Å². The van der Waals surface area contributed by atoms with Crippen molar-refractivity contribution in [2.45, 2.75) is 0 Å². The van der Waals surface area contributed by atoms with E-state index in [2.05, 4.69) is 77.0 Å². The highest BCUT2D eigenvalue weighted by Crippen LogP contribution is 2.49. The molecule has 2 aromatic rings. The first kappa shape index (κ1) is 17.4. The van der Waals surface area contributed by atoms with E-state index in [1.165, 1.54) is 21.7 Å². The quantitative estimate of drug-likeness (QED) is 0.783. The standard InChI is InChI=1S/C22H24N2OS/c1-18-24(13-12-23-14-16-25-17-15-23)21(19-8-4-2-5-9-19)22(26-18)20-10-6-3-7-11-20/h2-11H,1,12-17H2. The number of ether oxygens (including phenoxy) is 1. The summed E-state index contributed by atoms with van der Waals surface area (Å²) in [6.45, 7) is 10.0. The minimum absolute atomic E-state index is 0.840. The smallest absolute Gasteiger partial charge is 0.0729 e. The van der Waals surface area contributed by atoms with Gasteiger partial charge in [0.2, 0.25) is 0 Å². The molecule has 0 unspecified atom stereocenters. The van der Waals surface area contributed by atoms with Crippen LogP contribution in [0.2, 0.25) is 0 Å². The van der Waals surface area contributed by atoms with Crippen LogP contribution < -0.4 is 0 Å². The molecule has 0 aromatic heterocycles. The van der Waals surface area contributed by atoms with Gasteiger partial charge in [-0.2, -0.15) is 0 Å². The van der Waals surface area contributed by atoms with E-state index >= 15 is 0 Å². The van der Waals surface area contributed by atoms with Gasteiger partial charge in [0.15, 0.2) is 0 Å². The zero-order chi connectivity index (χ0) is 17.8. The van der Waals surface area contributed by atoms with Crippen molar-refractivity contribution in [3.63, 3.8) is 0 Å². The monoisotopic (exact) mass is 364 g/mol. The molecule has 2 aliphatic rings. The van der Waals surface area contributed by atoms with E-state index in [1.807, 2.05) is 0 Å². The van der Waals surface area contributed by atoms with Crippen LogP contribution in [-0.4, -0.2) is 49.2 Å². The zero-order valence-electron chi connectivity index (χ0n) is 14.9. The molecule has 2 aliphatic heterocycles. The van der Waals surface area contributed by atoms with Gasteiger partial charge in [0.05, 0.1) is 23.9 Å². The van der Waals surface area contributed by atoms with Gasteiger partial charge < -0.3 is 9.64 Å². The molecule has 134 valence electrons. The van der Waals surface area contributed by atoms with Crippen molar-refractivity contribution in [1.29, 1.82) is 0 Å². The van der Waals surface area contributed by atoms with Crippen molar-refractivity contribution in [3.05, 3.63) is 83.4 Å². The molecule has 3 nitrogen and oxygen atoms in total. The third kappa shape index (κ3) is 3.73. The Balaban J connectivity index is 1.65. The average Bonchev–Trinajstić information content (AvgIpc) is 3.05. The minimum atomic E-state index is 0.840. The fourth-order valence-corrected chi connectivity index (χ4v) is 4.55. The van der Waals surface area contributed by atoms with Crippen LogP contribution in [0, 0.1) is 0 Å². The van der Waals surface area contributed by atoms with Gasteiger partial charge in [-0.3, -0.25) is 4.90 Å². The molecule has 0 amide bonds. The normalized spacial score (nSPS) is 18.6. The molecule has 0 saturated carbocycles. The summed E-state index contributed by atoms with van der Waals surface area (Å²) in [5.74, 6) is 0. The van der Waals surface area contributed by atoms with Gasteiger partial charge in [-0.25, -0.2) is 0 Å². The second kappa shape index (κ2) is 8.12. The van der Waals surface area contributed by atoms with Crippen LogP contribution >= 0.6 is 11.8 Å². The molecule has 2 heterocycles. The number of rotatable bonds is 5. The van der Waals surface area contributed by atoms with Crippen molar-refractivity contribution in [3.8, 4) is 0 Å². The summed E-state index contributed by atoms with van der Waals surface area (Å²) in [5.41, 5.74) is 3.78. The second-order valence-electron chi connectivity index (χ2n) is 6.51. The molecule has 2 aromatic carbocycles. The van der Waals surface area contributed by atoms with E-state index < -0.39 is 0 Å². The summed E-state index contributed by atoms with van der Waals surface area (Å²) in [6.07, 6.45) is 0. The summed E-state index contributed by atoms with van der Waals surface area (Å²) in [7, 11) is 0. The van der Waals surface area contributed by atoms with Gasteiger partial charge in [-0.1, -0.05) is 79.0 Å². The molecule has 4 rings (SSSR count). The predicted molar refractivity (Wildman–Crippen MR) is 110 cm³/mol. The van der Waals surface area contributed by atoms with Crippen LogP contribution in [0.3, 0.4) is 0 Å². The van der Waals surface area contributed by atoms with Gasteiger partial charge in [-0.15, -0.1) is 0 Å². The highest BCUT2D eigenvalue weighted by Gasteiger charge is 2.29. The molecule has 0 N–H and O–H groups in total. The summed E-state index contributed by atoms with van der Waals surface area (Å²) in [4.78, 5) is 6.16. The molecule has 0 atom stereocenters. The van der Waals surface area contributed by atoms with Gasteiger partial charge >= 0.3 is 0 Å². The Bertz CT molecular complexity index is 782. The first-order chi connectivity index (χ1) is 12.8. The number of nitrogens with zero attached hydrogens (tertiary/aromatic N) is 2. The van der Waals surface area contributed by atoms with E-state index in [9.17, 15) is 0 Å². The largest absolute Gasteiger partial charge is 0.379 e. The Morgan fingerprint density at radius 3 is 2.12 bits per heavy atom. The Hall–Kier alpha value is -2.01.